The zero-order valence-corrected chi connectivity index (χ0v) is 14.9. The Hall–Kier alpha value is 5.26. The van der Waals surface area contributed by atoms with E-state index >= 15 is 0 Å². The van der Waals surface area contributed by atoms with Crippen LogP contribution in [0.1, 0.15) is 8.56 Å². The van der Waals surface area contributed by atoms with Crippen LogP contribution in [0.15, 0.2) is 0 Å². The molecule has 0 radical (unpaired) electrons. The molecule has 0 nitrogen and oxygen atoms in total. The van der Waals surface area contributed by atoms with Crippen molar-refractivity contribution in [3.63, 3.8) is 0 Å². The van der Waals surface area contributed by atoms with Crippen LogP contribution in [-0.4, -0.2) is 37.7 Å². The summed E-state index contributed by atoms with van der Waals surface area (Å²) in [6, 6.07) is 0. The Morgan fingerprint density at radius 3 is 0.600 bits per heavy atom. The number of hydrogen-bond donors (Lipinski definition) is 0. The molecule has 5 heteroatoms. The minimum absolute atomic E-state index is 0. The van der Waals surface area contributed by atoms with E-state index in [1.54, 1.807) is 0 Å². The molecule has 0 aliphatic heterocycles. The van der Waals surface area contributed by atoms with Crippen molar-refractivity contribution in [2.24, 2.45) is 0 Å². The van der Waals surface area contributed by atoms with Crippen LogP contribution in [0.3, 0.4) is 0 Å². The first kappa shape index (κ1) is 31.8. The first-order valence-corrected chi connectivity index (χ1v) is 0. The second kappa shape index (κ2) is 22.8. The minimum atomic E-state index is 0. The van der Waals surface area contributed by atoms with Gasteiger partial charge < -0.3 is 8.56 Å². The number of hydrogen-bond acceptors (Lipinski definition) is 0. The fraction of sp³-hybridized carbons (Fsp3) is 0. The monoisotopic (exact) mass is 138 g/mol. The summed E-state index contributed by atoms with van der Waals surface area (Å²) in [7, 11) is 0. The van der Waals surface area contributed by atoms with E-state index in [1.807, 2.05) is 0 Å². The topological polar surface area (TPSA) is 0 Å². The quantitative estimate of drug-likeness (QED) is 0.292. The van der Waals surface area contributed by atoms with E-state index in [-0.39, 0.29) is 165 Å². The Labute approximate surface area is 160 Å². The van der Waals surface area contributed by atoms with Gasteiger partial charge in [-0.2, -0.15) is 0 Å². The van der Waals surface area contributed by atoms with E-state index in [1.165, 1.54) is 0 Å². The van der Waals surface area contributed by atoms with Crippen molar-refractivity contribution in [3.8, 4) is 0 Å². The van der Waals surface area contributed by atoms with Crippen LogP contribution < -0.4 is 118 Å². The first-order chi connectivity index (χ1) is 0. The van der Waals surface area contributed by atoms with Gasteiger partial charge in [-0.1, -0.05) is 0 Å². The summed E-state index contributed by atoms with van der Waals surface area (Å²) in [4.78, 5) is 0. The normalized spacial score (nSPS) is 0. The number of rotatable bonds is 0. The van der Waals surface area contributed by atoms with Crippen molar-refractivity contribution >= 4 is 37.7 Å². The molecule has 0 rings (SSSR count). The van der Waals surface area contributed by atoms with Crippen molar-refractivity contribution in [2.75, 3.05) is 0 Å². The molecule has 0 aromatic carbocycles. The van der Waals surface area contributed by atoms with Gasteiger partial charge in [-0.15, -0.1) is 0 Å². The molecule has 0 bridgehead atoms. The summed E-state index contributed by atoms with van der Waals surface area (Å²) in [5.41, 5.74) is 0. The van der Waals surface area contributed by atoms with Gasteiger partial charge in [-0.05, 0) is 0 Å². The van der Waals surface area contributed by atoms with Crippen LogP contribution >= 0.6 is 0 Å². The summed E-state index contributed by atoms with van der Waals surface area (Å²) >= 11 is 0. The van der Waals surface area contributed by atoms with Crippen molar-refractivity contribution in [1.82, 2.24) is 0 Å². The molecule has 0 saturated carbocycles. The summed E-state index contributed by atoms with van der Waals surface area (Å²) in [6.45, 7) is 0. The third-order valence-corrected chi connectivity index (χ3v) is 0. The smallest absolute Gasteiger partial charge is 1.00 e. The molecule has 0 spiro atoms. The second-order valence-electron chi connectivity index (χ2n) is 0. The molecule has 0 aliphatic carbocycles. The van der Waals surface area contributed by atoms with Gasteiger partial charge in [0.1, 0.15) is 0 Å². The van der Waals surface area contributed by atoms with Gasteiger partial charge in [-0.25, -0.2) is 0 Å². The van der Waals surface area contributed by atoms with Gasteiger partial charge in [0.25, 0.3) is 0 Å². The Kier molecular flexibility index (Phi) is 145. The van der Waals surface area contributed by atoms with Crippen LogP contribution in [0.25, 0.3) is 0 Å². The van der Waals surface area contributed by atoms with Gasteiger partial charge in [0.15, 0.2) is 0 Å². The fourth-order valence-corrected chi connectivity index (χ4v) is 0. The molecule has 0 fully saturated rings. The molecule has 0 unspecified atom stereocenters. The van der Waals surface area contributed by atoms with E-state index in [2.05, 4.69) is 0 Å². The standard InChI is InChI=1S/Ca.4Na.6H/q+2;4*+1;6*-1. The summed E-state index contributed by atoms with van der Waals surface area (Å²) in [5, 5.41) is 0. The molecule has 0 amide bonds. The van der Waals surface area contributed by atoms with E-state index in [0.29, 0.717) is 0 Å². The fourth-order valence-electron chi connectivity index (χ4n) is 0. The summed E-state index contributed by atoms with van der Waals surface area (Å²) < 4.78 is 0. The first-order valence-electron chi connectivity index (χ1n) is 0. The predicted molar refractivity (Wildman–Crippen MR) is 12.4 cm³/mol. The van der Waals surface area contributed by atoms with Crippen LogP contribution in [0, 0.1) is 0 Å². The Bertz CT molecular complexity index is 14.5. The third kappa shape index (κ3) is 17.6. The molecular formula is H6CaNa4. The molecule has 0 N–H and O–H groups in total. The van der Waals surface area contributed by atoms with Crippen LogP contribution in [0.5, 0.6) is 0 Å². The molecule has 5 heavy (non-hydrogen) atoms. The molecule has 0 aliphatic rings. The van der Waals surface area contributed by atoms with Gasteiger partial charge in [0.2, 0.25) is 0 Å². The van der Waals surface area contributed by atoms with Crippen LogP contribution in [-0.2, 0) is 0 Å². The average Bonchev–Trinajstić information content (AvgIpc) is 0. The molecular weight excluding hydrogens is 132 g/mol. The Morgan fingerprint density at radius 2 is 0.600 bits per heavy atom. The maximum absolute atomic E-state index is 0. The molecule has 0 atom stereocenters. The van der Waals surface area contributed by atoms with E-state index < -0.39 is 0 Å². The molecule has 0 saturated heterocycles. The third-order valence-electron chi connectivity index (χ3n) is 0. The summed E-state index contributed by atoms with van der Waals surface area (Å²) in [5.74, 6) is 0. The molecule has 12 valence electrons. The molecule has 0 heterocycles. The summed E-state index contributed by atoms with van der Waals surface area (Å²) in [6.07, 6.45) is 0. The van der Waals surface area contributed by atoms with Crippen molar-refractivity contribution < 1.29 is 127 Å². The minimum Gasteiger partial charge on any atom is -1.00 e. The Balaban J connectivity index is 0. The van der Waals surface area contributed by atoms with Gasteiger partial charge in [-0.3, -0.25) is 0 Å². The second-order valence-corrected chi connectivity index (χ2v) is 0. The van der Waals surface area contributed by atoms with Gasteiger partial charge in [0, 0.05) is 0 Å². The van der Waals surface area contributed by atoms with E-state index in [9.17, 15) is 0 Å². The van der Waals surface area contributed by atoms with Gasteiger partial charge in [0.05, 0.1) is 0 Å². The van der Waals surface area contributed by atoms with E-state index in [0.717, 1.165) is 0 Å². The van der Waals surface area contributed by atoms with Crippen molar-refractivity contribution in [3.05, 3.63) is 0 Å². The molecule has 0 aromatic heterocycles. The zero-order valence-electron chi connectivity index (χ0n) is 10.7. The SMILES string of the molecule is [Ca+2].[H-].[H-].[H-].[H-].[H-].[H-].[Na+].[Na+].[Na+].[Na+]. The van der Waals surface area contributed by atoms with Crippen molar-refractivity contribution in [2.45, 2.75) is 0 Å². The van der Waals surface area contributed by atoms with Gasteiger partial charge >= 0.3 is 156 Å². The van der Waals surface area contributed by atoms with Crippen LogP contribution in [0.4, 0.5) is 0 Å². The van der Waals surface area contributed by atoms with Crippen LogP contribution in [0.2, 0.25) is 0 Å². The average molecular weight is 138 g/mol. The predicted octanol–water partition coefficient (Wildman–Crippen LogP) is -11.7. The molecule has 0 aromatic rings. The zero-order chi connectivity index (χ0) is 0. The largest absolute Gasteiger partial charge is 2.00 e. The van der Waals surface area contributed by atoms with E-state index in [4.69, 9.17) is 0 Å². The Morgan fingerprint density at radius 1 is 0.600 bits per heavy atom. The maximum atomic E-state index is 0. The van der Waals surface area contributed by atoms with Crippen molar-refractivity contribution in [1.29, 1.82) is 0 Å². The maximum Gasteiger partial charge on any atom is 2.00 e.